The lowest BCUT2D eigenvalue weighted by Gasteiger charge is -2.11. The molecular formula is C17H15NO4. The monoisotopic (exact) mass is 297 g/mol. The van der Waals surface area contributed by atoms with Crippen molar-refractivity contribution in [2.45, 2.75) is 6.92 Å². The number of anilines is 1. The quantitative estimate of drug-likeness (QED) is 0.695. The van der Waals surface area contributed by atoms with Gasteiger partial charge in [-0.3, -0.25) is 9.59 Å². The van der Waals surface area contributed by atoms with Crippen LogP contribution in [0.5, 0.6) is 0 Å². The highest BCUT2D eigenvalue weighted by Gasteiger charge is 2.18. The molecule has 0 saturated heterocycles. The number of carbonyl (C=O) groups is 3. The number of amides is 1. The third-order valence-electron chi connectivity index (χ3n) is 3.13. The first-order chi connectivity index (χ1) is 10.5. The molecule has 0 aliphatic heterocycles. The van der Waals surface area contributed by atoms with Gasteiger partial charge in [-0.1, -0.05) is 24.3 Å². The Morgan fingerprint density at radius 2 is 1.41 bits per heavy atom. The Balaban J connectivity index is 2.35. The Morgan fingerprint density at radius 3 is 2.00 bits per heavy atom. The number of esters is 1. The van der Waals surface area contributed by atoms with Crippen LogP contribution in [0.25, 0.3) is 0 Å². The number of nitrogens with one attached hydrogen (secondary N) is 1. The molecule has 0 spiro atoms. The normalized spacial score (nSPS) is 9.91. The van der Waals surface area contributed by atoms with Crippen molar-refractivity contribution in [3.8, 4) is 0 Å². The van der Waals surface area contributed by atoms with Gasteiger partial charge in [0.1, 0.15) is 0 Å². The average molecular weight is 297 g/mol. The number of benzene rings is 2. The highest BCUT2D eigenvalue weighted by atomic mass is 16.5. The van der Waals surface area contributed by atoms with Gasteiger partial charge < -0.3 is 10.1 Å². The van der Waals surface area contributed by atoms with Gasteiger partial charge in [-0.25, -0.2) is 4.79 Å². The first-order valence-electron chi connectivity index (χ1n) is 6.63. The van der Waals surface area contributed by atoms with Crippen molar-refractivity contribution < 1.29 is 19.1 Å². The van der Waals surface area contributed by atoms with Gasteiger partial charge in [0.25, 0.3) is 5.91 Å². The summed E-state index contributed by atoms with van der Waals surface area (Å²) in [5.41, 5.74) is 1.17. The fourth-order valence-electron chi connectivity index (χ4n) is 2.06. The highest BCUT2D eigenvalue weighted by molar-refractivity contribution is 6.13. The van der Waals surface area contributed by atoms with Crippen molar-refractivity contribution in [3.05, 3.63) is 65.2 Å². The summed E-state index contributed by atoms with van der Waals surface area (Å²) in [5, 5.41) is 2.66. The number of hydrogen-bond donors (Lipinski definition) is 1. The maximum Gasteiger partial charge on any atom is 0.338 e. The third-order valence-corrected chi connectivity index (χ3v) is 3.13. The Labute approximate surface area is 127 Å². The lowest BCUT2D eigenvalue weighted by molar-refractivity contribution is 0.0597. The minimum Gasteiger partial charge on any atom is -0.465 e. The fourth-order valence-corrected chi connectivity index (χ4v) is 2.06. The number of para-hydroxylation sites is 1. The van der Waals surface area contributed by atoms with Crippen molar-refractivity contribution in [2.24, 2.45) is 0 Å². The summed E-state index contributed by atoms with van der Waals surface area (Å²) in [5.74, 6) is -1.22. The number of ketones is 1. The highest BCUT2D eigenvalue weighted by Crippen LogP contribution is 2.18. The van der Waals surface area contributed by atoms with E-state index in [0.29, 0.717) is 11.3 Å². The van der Waals surface area contributed by atoms with Gasteiger partial charge in [0.15, 0.2) is 5.78 Å². The van der Waals surface area contributed by atoms with Crippen LogP contribution in [0, 0.1) is 0 Å². The molecule has 0 aliphatic carbocycles. The van der Waals surface area contributed by atoms with E-state index in [1.54, 1.807) is 36.4 Å². The van der Waals surface area contributed by atoms with E-state index in [1.807, 2.05) is 0 Å². The summed E-state index contributed by atoms with van der Waals surface area (Å²) < 4.78 is 4.67. The fraction of sp³-hybridized carbons (Fsp3) is 0.118. The second-order valence-electron chi connectivity index (χ2n) is 4.59. The van der Waals surface area contributed by atoms with Gasteiger partial charge >= 0.3 is 5.97 Å². The lowest BCUT2D eigenvalue weighted by Crippen LogP contribution is -2.18. The van der Waals surface area contributed by atoms with Crippen LogP contribution >= 0.6 is 0 Å². The number of Topliss-reactive ketones (excluding diaryl/α,β-unsaturated/α-hetero) is 1. The number of methoxy groups -OCH3 is 1. The Hall–Kier alpha value is -2.95. The van der Waals surface area contributed by atoms with Crippen LogP contribution in [0.3, 0.4) is 0 Å². The van der Waals surface area contributed by atoms with Gasteiger partial charge in [0.05, 0.1) is 23.9 Å². The van der Waals surface area contributed by atoms with E-state index in [9.17, 15) is 14.4 Å². The average Bonchev–Trinajstić information content (AvgIpc) is 2.54. The maximum atomic E-state index is 12.4. The molecule has 0 radical (unpaired) electrons. The second-order valence-corrected chi connectivity index (χ2v) is 4.59. The SMILES string of the molecule is COC(=O)c1ccccc1C(=O)Nc1ccccc1C(C)=O. The van der Waals surface area contributed by atoms with Crippen molar-refractivity contribution in [3.63, 3.8) is 0 Å². The molecule has 0 atom stereocenters. The van der Waals surface area contributed by atoms with Crippen LogP contribution in [0.2, 0.25) is 0 Å². The van der Waals surface area contributed by atoms with Crippen LogP contribution in [0.1, 0.15) is 38.0 Å². The van der Waals surface area contributed by atoms with E-state index in [0.717, 1.165) is 0 Å². The Morgan fingerprint density at radius 1 is 0.864 bits per heavy atom. The van der Waals surface area contributed by atoms with E-state index >= 15 is 0 Å². The van der Waals surface area contributed by atoms with Gasteiger partial charge in [0.2, 0.25) is 0 Å². The minimum atomic E-state index is -0.592. The molecule has 0 unspecified atom stereocenters. The van der Waals surface area contributed by atoms with Crippen LogP contribution in [-0.2, 0) is 4.74 Å². The molecule has 0 bridgehead atoms. The summed E-state index contributed by atoms with van der Waals surface area (Å²) in [4.78, 5) is 35.7. The molecule has 0 saturated carbocycles. The van der Waals surface area contributed by atoms with Gasteiger partial charge in [0, 0.05) is 5.56 Å². The third kappa shape index (κ3) is 3.20. The van der Waals surface area contributed by atoms with Gasteiger partial charge in [-0.05, 0) is 31.2 Å². The number of carbonyl (C=O) groups excluding carboxylic acids is 3. The molecular weight excluding hydrogens is 282 g/mol. The molecule has 2 rings (SSSR count). The zero-order chi connectivity index (χ0) is 16.1. The Kier molecular flexibility index (Phi) is 4.68. The van der Waals surface area contributed by atoms with Crippen molar-refractivity contribution >= 4 is 23.3 Å². The van der Waals surface area contributed by atoms with Crippen LogP contribution in [-0.4, -0.2) is 24.8 Å². The van der Waals surface area contributed by atoms with Crippen LogP contribution in [0.15, 0.2) is 48.5 Å². The molecule has 0 aliphatic rings. The summed E-state index contributed by atoms with van der Waals surface area (Å²) in [6, 6.07) is 13.0. The molecule has 1 amide bonds. The first kappa shape index (κ1) is 15.4. The van der Waals surface area contributed by atoms with Gasteiger partial charge in [-0.15, -0.1) is 0 Å². The molecule has 0 heterocycles. The van der Waals surface area contributed by atoms with Crippen LogP contribution in [0.4, 0.5) is 5.69 Å². The second kappa shape index (κ2) is 6.67. The molecule has 0 aromatic heterocycles. The van der Waals surface area contributed by atoms with E-state index in [4.69, 9.17) is 0 Å². The summed E-state index contributed by atoms with van der Waals surface area (Å²) in [6.45, 7) is 1.42. The van der Waals surface area contributed by atoms with Crippen molar-refractivity contribution in [2.75, 3.05) is 12.4 Å². The molecule has 5 nitrogen and oxygen atoms in total. The van der Waals surface area contributed by atoms with Crippen molar-refractivity contribution in [1.29, 1.82) is 0 Å². The molecule has 5 heteroatoms. The minimum absolute atomic E-state index is 0.155. The largest absolute Gasteiger partial charge is 0.465 e. The smallest absolute Gasteiger partial charge is 0.338 e. The molecule has 112 valence electrons. The predicted molar refractivity (Wildman–Crippen MR) is 82.2 cm³/mol. The lowest BCUT2D eigenvalue weighted by atomic mass is 10.1. The zero-order valence-corrected chi connectivity index (χ0v) is 12.3. The molecule has 0 fully saturated rings. The molecule has 1 N–H and O–H groups in total. The maximum absolute atomic E-state index is 12.4. The number of ether oxygens (including phenoxy) is 1. The predicted octanol–water partition coefficient (Wildman–Crippen LogP) is 2.93. The summed E-state index contributed by atoms with van der Waals surface area (Å²) in [7, 11) is 1.25. The van der Waals surface area contributed by atoms with E-state index in [2.05, 4.69) is 10.1 Å². The zero-order valence-electron chi connectivity index (χ0n) is 12.3. The molecule has 22 heavy (non-hydrogen) atoms. The molecule has 2 aromatic carbocycles. The van der Waals surface area contributed by atoms with E-state index < -0.39 is 11.9 Å². The van der Waals surface area contributed by atoms with Crippen LogP contribution < -0.4 is 5.32 Å². The van der Waals surface area contributed by atoms with Gasteiger partial charge in [-0.2, -0.15) is 0 Å². The van der Waals surface area contributed by atoms with E-state index in [1.165, 1.54) is 26.2 Å². The standard InChI is InChI=1S/C17H15NO4/c1-11(19)12-7-5-6-10-15(12)18-16(20)13-8-3-4-9-14(13)17(21)22-2/h3-10H,1-2H3,(H,18,20). The van der Waals surface area contributed by atoms with E-state index in [-0.39, 0.29) is 16.9 Å². The first-order valence-corrected chi connectivity index (χ1v) is 6.63. The Bertz CT molecular complexity index is 737. The number of rotatable bonds is 4. The summed E-state index contributed by atoms with van der Waals surface area (Å²) >= 11 is 0. The van der Waals surface area contributed by atoms with Crippen molar-refractivity contribution in [1.82, 2.24) is 0 Å². The number of hydrogen-bond acceptors (Lipinski definition) is 4. The molecule has 2 aromatic rings. The topological polar surface area (TPSA) is 72.5 Å². The summed E-state index contributed by atoms with van der Waals surface area (Å²) in [6.07, 6.45) is 0.